The lowest BCUT2D eigenvalue weighted by atomic mass is 10.1. The van der Waals surface area contributed by atoms with Gasteiger partial charge in [0.15, 0.2) is 5.69 Å². The second kappa shape index (κ2) is 7.83. The van der Waals surface area contributed by atoms with Gasteiger partial charge in [0, 0.05) is 17.6 Å². The highest BCUT2D eigenvalue weighted by Crippen LogP contribution is 2.21. The molecule has 0 aliphatic rings. The number of hydrogen-bond acceptors (Lipinski definition) is 3. The Kier molecular flexibility index (Phi) is 5.06. The van der Waals surface area contributed by atoms with E-state index in [-0.39, 0.29) is 23.3 Å². The molecule has 2 heterocycles. The number of nitrogens with one attached hydrogen (secondary N) is 2. The molecule has 0 aliphatic carbocycles. The van der Waals surface area contributed by atoms with Crippen molar-refractivity contribution in [3.8, 4) is 0 Å². The molecule has 30 heavy (non-hydrogen) atoms. The van der Waals surface area contributed by atoms with Gasteiger partial charge in [0.1, 0.15) is 0 Å². The van der Waals surface area contributed by atoms with E-state index in [4.69, 9.17) is 0 Å². The molecule has 0 spiro atoms. The Hall–Kier alpha value is -3.93. The van der Waals surface area contributed by atoms with Crippen LogP contribution in [0.1, 0.15) is 37.8 Å². The number of imidazole rings is 1. The van der Waals surface area contributed by atoms with Crippen LogP contribution >= 0.6 is 0 Å². The zero-order chi connectivity index (χ0) is 21.3. The van der Waals surface area contributed by atoms with Gasteiger partial charge >= 0.3 is 0 Å². The van der Waals surface area contributed by atoms with E-state index >= 15 is 0 Å². The molecule has 0 saturated heterocycles. The first-order valence-electron chi connectivity index (χ1n) is 9.66. The fourth-order valence-corrected chi connectivity index (χ4v) is 3.34. The number of pyridine rings is 1. The molecule has 0 unspecified atom stereocenters. The molecule has 0 fully saturated rings. The van der Waals surface area contributed by atoms with Gasteiger partial charge in [-0.15, -0.1) is 0 Å². The number of rotatable bonds is 4. The van der Waals surface area contributed by atoms with Crippen LogP contribution in [0.2, 0.25) is 0 Å². The largest absolute Gasteiger partial charge is 0.321 e. The first-order chi connectivity index (χ1) is 14.4. The minimum Gasteiger partial charge on any atom is -0.321 e. The normalized spacial score (nSPS) is 10.8. The molecule has 0 saturated carbocycles. The summed E-state index contributed by atoms with van der Waals surface area (Å²) in [6, 6.07) is 18.6. The number of aryl methyl sites for hydroxylation is 2. The van der Waals surface area contributed by atoms with E-state index in [9.17, 15) is 9.59 Å². The smallest absolute Gasteiger partial charge is 0.292 e. The van der Waals surface area contributed by atoms with E-state index in [0.717, 1.165) is 22.4 Å². The van der Waals surface area contributed by atoms with Crippen molar-refractivity contribution < 1.29 is 9.59 Å². The third-order valence-corrected chi connectivity index (χ3v) is 5.10. The summed E-state index contributed by atoms with van der Waals surface area (Å²) < 4.78 is 1.63. The highest BCUT2D eigenvalue weighted by Gasteiger charge is 2.22. The van der Waals surface area contributed by atoms with Crippen LogP contribution in [-0.2, 0) is 0 Å². The van der Waals surface area contributed by atoms with E-state index in [1.165, 1.54) is 0 Å². The van der Waals surface area contributed by atoms with Crippen molar-refractivity contribution in [2.75, 3.05) is 10.6 Å². The molecule has 2 amide bonds. The van der Waals surface area contributed by atoms with Crippen LogP contribution in [0.15, 0.2) is 66.9 Å². The second-order valence-corrected chi connectivity index (χ2v) is 7.27. The first kappa shape index (κ1) is 19.4. The lowest BCUT2D eigenvalue weighted by molar-refractivity contribution is 0.101. The molecule has 150 valence electrons. The molecule has 2 N–H and O–H groups in total. The summed E-state index contributed by atoms with van der Waals surface area (Å²) in [4.78, 5) is 30.3. The van der Waals surface area contributed by atoms with Gasteiger partial charge in [-0.05, 0) is 67.8 Å². The number of hydrogen-bond donors (Lipinski definition) is 2. The number of carbonyl (C=O) groups excluding carboxylic acids is 2. The zero-order valence-corrected chi connectivity index (χ0v) is 17.1. The molecule has 0 radical (unpaired) electrons. The van der Waals surface area contributed by atoms with Crippen LogP contribution in [0.4, 0.5) is 11.4 Å². The van der Waals surface area contributed by atoms with Crippen LogP contribution in [-0.4, -0.2) is 21.2 Å². The number of fused-ring (bicyclic) bond motifs is 1. The number of aromatic nitrogens is 2. The average Bonchev–Trinajstić information content (AvgIpc) is 3.11. The summed E-state index contributed by atoms with van der Waals surface area (Å²) in [5.41, 5.74) is 5.27. The van der Waals surface area contributed by atoms with E-state index in [1.807, 2.05) is 69.3 Å². The number of benzene rings is 2. The molecule has 4 rings (SSSR count). The van der Waals surface area contributed by atoms with Crippen molar-refractivity contribution >= 4 is 28.7 Å². The van der Waals surface area contributed by atoms with Crippen LogP contribution in [0.25, 0.3) is 5.52 Å². The van der Waals surface area contributed by atoms with Gasteiger partial charge < -0.3 is 10.6 Å². The van der Waals surface area contributed by atoms with E-state index in [0.29, 0.717) is 11.2 Å². The summed E-state index contributed by atoms with van der Waals surface area (Å²) >= 11 is 0. The van der Waals surface area contributed by atoms with Crippen molar-refractivity contribution in [3.63, 3.8) is 0 Å². The van der Waals surface area contributed by atoms with Crippen LogP contribution in [0.5, 0.6) is 0 Å². The third kappa shape index (κ3) is 3.67. The Labute approximate surface area is 174 Å². The van der Waals surface area contributed by atoms with Gasteiger partial charge in [-0.3, -0.25) is 14.0 Å². The van der Waals surface area contributed by atoms with Gasteiger partial charge in [-0.25, -0.2) is 4.98 Å². The molecule has 2 aromatic heterocycles. The molecule has 4 aromatic rings. The zero-order valence-electron chi connectivity index (χ0n) is 17.1. The molecule has 0 aliphatic heterocycles. The van der Waals surface area contributed by atoms with Crippen molar-refractivity contribution in [2.24, 2.45) is 0 Å². The number of nitrogens with zero attached hydrogens (tertiary/aromatic N) is 2. The monoisotopic (exact) mass is 398 g/mol. The summed E-state index contributed by atoms with van der Waals surface area (Å²) in [7, 11) is 0. The SMILES string of the molecule is Cc1cccc(NC(=O)c2nc(C(=O)Nc3cccc(C)c3C)n3ccccc23)c1. The Morgan fingerprint density at radius 1 is 0.867 bits per heavy atom. The van der Waals surface area contributed by atoms with Gasteiger partial charge in [0.05, 0.1) is 5.52 Å². The van der Waals surface area contributed by atoms with Crippen molar-refractivity contribution in [3.05, 3.63) is 95.1 Å². The average molecular weight is 398 g/mol. The summed E-state index contributed by atoms with van der Waals surface area (Å²) in [5, 5.41) is 5.78. The number of carbonyl (C=O) groups is 2. The Morgan fingerprint density at radius 3 is 2.47 bits per heavy atom. The highest BCUT2D eigenvalue weighted by molar-refractivity contribution is 6.10. The Bertz CT molecular complexity index is 1270. The van der Waals surface area contributed by atoms with E-state index in [2.05, 4.69) is 15.6 Å². The molecule has 0 bridgehead atoms. The molecule has 6 nitrogen and oxygen atoms in total. The minimum absolute atomic E-state index is 0.154. The molecule has 2 aromatic carbocycles. The molecule has 0 atom stereocenters. The maximum absolute atomic E-state index is 13.0. The fraction of sp³-hybridized carbons (Fsp3) is 0.125. The minimum atomic E-state index is -0.375. The van der Waals surface area contributed by atoms with Crippen LogP contribution in [0, 0.1) is 20.8 Å². The third-order valence-electron chi connectivity index (χ3n) is 5.10. The lowest BCUT2D eigenvalue weighted by Crippen LogP contribution is -2.17. The van der Waals surface area contributed by atoms with Crippen molar-refractivity contribution in [1.82, 2.24) is 9.38 Å². The van der Waals surface area contributed by atoms with Gasteiger partial charge in [-0.2, -0.15) is 0 Å². The van der Waals surface area contributed by atoms with Gasteiger partial charge in [0.25, 0.3) is 11.8 Å². The standard InChI is InChI=1S/C24H22N4O2/c1-15-8-6-10-18(14-15)25-23(29)21-20-12-4-5-13-28(20)22(27-21)24(30)26-19-11-7-9-16(2)17(19)3/h4-14H,1-3H3,(H,25,29)(H,26,30). The van der Waals surface area contributed by atoms with E-state index < -0.39 is 0 Å². The summed E-state index contributed by atoms with van der Waals surface area (Å²) in [6.45, 7) is 5.90. The molecular formula is C24H22N4O2. The first-order valence-corrected chi connectivity index (χ1v) is 9.66. The lowest BCUT2D eigenvalue weighted by Gasteiger charge is -2.09. The maximum atomic E-state index is 13.0. The van der Waals surface area contributed by atoms with Gasteiger partial charge in [0.2, 0.25) is 5.82 Å². The quantitative estimate of drug-likeness (QED) is 0.520. The van der Waals surface area contributed by atoms with Crippen molar-refractivity contribution in [2.45, 2.75) is 20.8 Å². The van der Waals surface area contributed by atoms with Crippen molar-refractivity contribution in [1.29, 1.82) is 0 Å². The van der Waals surface area contributed by atoms with Crippen LogP contribution < -0.4 is 10.6 Å². The molecule has 6 heteroatoms. The maximum Gasteiger partial charge on any atom is 0.292 e. The van der Waals surface area contributed by atoms with Crippen LogP contribution in [0.3, 0.4) is 0 Å². The summed E-state index contributed by atoms with van der Waals surface area (Å²) in [5.74, 6) is -0.588. The van der Waals surface area contributed by atoms with Gasteiger partial charge in [-0.1, -0.05) is 30.3 Å². The fourth-order valence-electron chi connectivity index (χ4n) is 3.34. The second-order valence-electron chi connectivity index (χ2n) is 7.27. The molecular weight excluding hydrogens is 376 g/mol. The number of amides is 2. The predicted octanol–water partition coefficient (Wildman–Crippen LogP) is 4.76. The highest BCUT2D eigenvalue weighted by atomic mass is 16.2. The number of anilines is 2. The summed E-state index contributed by atoms with van der Waals surface area (Å²) in [6.07, 6.45) is 1.73. The Morgan fingerprint density at radius 2 is 1.67 bits per heavy atom. The predicted molar refractivity (Wildman–Crippen MR) is 118 cm³/mol. The van der Waals surface area contributed by atoms with E-state index in [1.54, 1.807) is 22.7 Å². The Balaban J connectivity index is 1.69. The topological polar surface area (TPSA) is 75.5 Å².